The maximum atomic E-state index is 13.4. The summed E-state index contributed by atoms with van der Waals surface area (Å²) in [6, 6.07) is 19.5. The molecule has 212 valence electrons. The molecule has 0 radical (unpaired) electrons. The van der Waals surface area contributed by atoms with E-state index in [-0.39, 0.29) is 45.9 Å². The zero-order chi connectivity index (χ0) is 30.0. The van der Waals surface area contributed by atoms with Crippen LogP contribution in [-0.2, 0) is 12.8 Å². The maximum absolute atomic E-state index is 13.4. The van der Waals surface area contributed by atoms with E-state index in [1.165, 1.54) is 42.6 Å². The standard InChI is InChI=1S/C29H17Cl2F3N4O4/c30-22-10-8-18(12-23(22)31)16-42-26-11-9-17(13-25(26)38(40)41)15-35-37-27(19-4-3-5-20(14-19)29(32,33)34)36-24-7-2-1-6-21(24)28(37)39/h1-15H,16H2. The van der Waals surface area contributed by atoms with Gasteiger partial charge in [-0.3, -0.25) is 14.9 Å². The van der Waals surface area contributed by atoms with Gasteiger partial charge in [0.05, 0.1) is 37.6 Å². The SMILES string of the molecule is O=c1c2ccccc2nc(-c2cccc(C(F)(F)F)c2)n1N=Cc1ccc(OCc2ccc(Cl)c(Cl)c2)c([N+](=O)[O-])c1. The van der Waals surface area contributed by atoms with Crippen molar-refractivity contribution in [2.75, 3.05) is 0 Å². The largest absolute Gasteiger partial charge is 0.482 e. The highest BCUT2D eigenvalue weighted by atomic mass is 35.5. The summed E-state index contributed by atoms with van der Waals surface area (Å²) < 4.78 is 46.7. The molecule has 5 aromatic rings. The monoisotopic (exact) mass is 612 g/mol. The summed E-state index contributed by atoms with van der Waals surface area (Å²) in [7, 11) is 0. The van der Waals surface area contributed by atoms with Gasteiger partial charge in [-0.15, -0.1) is 0 Å². The first kappa shape index (κ1) is 28.8. The van der Waals surface area contributed by atoms with Crippen LogP contribution in [-0.4, -0.2) is 20.8 Å². The molecule has 0 aliphatic heterocycles. The molecule has 13 heteroatoms. The van der Waals surface area contributed by atoms with Gasteiger partial charge in [0.25, 0.3) is 5.56 Å². The van der Waals surface area contributed by atoms with Crippen LogP contribution >= 0.6 is 23.2 Å². The molecule has 4 aromatic carbocycles. The number of benzene rings is 4. The van der Waals surface area contributed by atoms with E-state index >= 15 is 0 Å². The number of nitro benzene ring substituents is 1. The van der Waals surface area contributed by atoms with E-state index < -0.39 is 22.2 Å². The number of rotatable bonds is 7. The fraction of sp³-hybridized carbons (Fsp3) is 0.0690. The lowest BCUT2D eigenvalue weighted by atomic mass is 10.1. The van der Waals surface area contributed by atoms with Gasteiger partial charge >= 0.3 is 11.9 Å². The number of hydrogen-bond acceptors (Lipinski definition) is 6. The van der Waals surface area contributed by atoms with Crippen LogP contribution in [0.1, 0.15) is 16.7 Å². The molecule has 0 N–H and O–H groups in total. The molecule has 8 nitrogen and oxygen atoms in total. The number of para-hydroxylation sites is 1. The number of fused-ring (bicyclic) bond motifs is 1. The minimum atomic E-state index is -4.62. The highest BCUT2D eigenvalue weighted by molar-refractivity contribution is 6.42. The van der Waals surface area contributed by atoms with Crippen molar-refractivity contribution in [3.05, 3.63) is 132 Å². The molecule has 1 heterocycles. The third-order valence-electron chi connectivity index (χ3n) is 6.08. The van der Waals surface area contributed by atoms with Crippen LogP contribution in [0.15, 0.2) is 94.8 Å². The summed E-state index contributed by atoms with van der Waals surface area (Å²) in [5.41, 5.74) is -0.818. The second kappa shape index (κ2) is 11.6. The van der Waals surface area contributed by atoms with Crippen LogP contribution in [0.3, 0.4) is 0 Å². The van der Waals surface area contributed by atoms with Gasteiger partial charge in [-0.05, 0) is 54.1 Å². The van der Waals surface area contributed by atoms with Gasteiger partial charge in [-0.25, -0.2) is 4.98 Å². The fourth-order valence-corrected chi connectivity index (χ4v) is 4.37. The minimum absolute atomic E-state index is 0.00172. The van der Waals surface area contributed by atoms with E-state index in [1.807, 2.05) is 0 Å². The van der Waals surface area contributed by atoms with Crippen LogP contribution in [0.2, 0.25) is 10.0 Å². The number of nitro groups is 1. The number of nitrogens with zero attached hydrogens (tertiary/aromatic N) is 4. The van der Waals surface area contributed by atoms with Crippen LogP contribution in [0.25, 0.3) is 22.3 Å². The smallest absolute Gasteiger partial charge is 0.416 e. The van der Waals surface area contributed by atoms with E-state index in [4.69, 9.17) is 27.9 Å². The molecule has 0 saturated heterocycles. The van der Waals surface area contributed by atoms with Gasteiger partial charge in [-0.1, -0.05) is 53.5 Å². The molecule has 0 bridgehead atoms. The molecular formula is C29H17Cl2F3N4O4. The first-order valence-corrected chi connectivity index (χ1v) is 12.9. The highest BCUT2D eigenvalue weighted by Gasteiger charge is 2.31. The molecule has 1 aromatic heterocycles. The lowest BCUT2D eigenvalue weighted by molar-refractivity contribution is -0.385. The van der Waals surface area contributed by atoms with Crippen molar-refractivity contribution in [3.63, 3.8) is 0 Å². The molecule has 0 aliphatic carbocycles. The summed E-state index contributed by atoms with van der Waals surface area (Å²) in [5.74, 6) is -0.172. The van der Waals surface area contributed by atoms with E-state index in [1.54, 1.807) is 36.4 Å². The summed E-state index contributed by atoms with van der Waals surface area (Å²) in [6.07, 6.45) is -3.45. The summed E-state index contributed by atoms with van der Waals surface area (Å²) in [6.45, 7) is -0.0241. The first-order valence-electron chi connectivity index (χ1n) is 12.1. The predicted octanol–water partition coefficient (Wildman–Crippen LogP) is 7.76. The number of halogens is 5. The van der Waals surface area contributed by atoms with E-state index in [9.17, 15) is 28.1 Å². The molecule has 0 fully saturated rings. The number of hydrogen-bond donors (Lipinski definition) is 0. The molecule has 0 atom stereocenters. The second-order valence-corrected chi connectivity index (χ2v) is 9.73. The van der Waals surface area contributed by atoms with Crippen LogP contribution in [0.5, 0.6) is 5.75 Å². The average Bonchev–Trinajstić information content (AvgIpc) is 2.97. The number of alkyl halides is 3. The Kier molecular flexibility index (Phi) is 7.97. The van der Waals surface area contributed by atoms with Crippen LogP contribution in [0.4, 0.5) is 18.9 Å². The average molecular weight is 613 g/mol. The van der Waals surface area contributed by atoms with Crippen molar-refractivity contribution in [1.82, 2.24) is 9.66 Å². The Morgan fingerprint density at radius 3 is 2.50 bits per heavy atom. The molecule has 5 rings (SSSR count). The minimum Gasteiger partial charge on any atom is -0.482 e. The van der Waals surface area contributed by atoms with Crippen molar-refractivity contribution < 1.29 is 22.8 Å². The normalized spacial score (nSPS) is 11.7. The molecule has 0 unspecified atom stereocenters. The Morgan fingerprint density at radius 1 is 0.976 bits per heavy atom. The Labute approximate surface area is 245 Å². The molecule has 42 heavy (non-hydrogen) atoms. The van der Waals surface area contributed by atoms with Crippen LogP contribution in [0, 0.1) is 10.1 Å². The zero-order valence-electron chi connectivity index (χ0n) is 21.2. The lowest BCUT2D eigenvalue weighted by Gasteiger charge is -2.12. The molecule has 0 amide bonds. The molecule has 0 saturated carbocycles. The van der Waals surface area contributed by atoms with Crippen molar-refractivity contribution in [2.45, 2.75) is 12.8 Å². The Morgan fingerprint density at radius 2 is 1.76 bits per heavy atom. The van der Waals surface area contributed by atoms with Crippen molar-refractivity contribution in [1.29, 1.82) is 0 Å². The third kappa shape index (κ3) is 6.12. The predicted molar refractivity (Wildman–Crippen MR) is 153 cm³/mol. The van der Waals surface area contributed by atoms with E-state index in [0.717, 1.165) is 16.8 Å². The number of ether oxygens (including phenoxy) is 1. The van der Waals surface area contributed by atoms with Crippen molar-refractivity contribution in [3.8, 4) is 17.1 Å². The summed E-state index contributed by atoms with van der Waals surface area (Å²) in [4.78, 5) is 28.9. The Hall–Kier alpha value is -4.74. The van der Waals surface area contributed by atoms with E-state index in [2.05, 4.69) is 10.1 Å². The third-order valence-corrected chi connectivity index (χ3v) is 6.82. The quantitative estimate of drug-likeness (QED) is 0.106. The van der Waals surface area contributed by atoms with Gasteiger partial charge in [0, 0.05) is 17.2 Å². The van der Waals surface area contributed by atoms with Crippen molar-refractivity contribution >= 4 is 46.0 Å². The second-order valence-electron chi connectivity index (χ2n) is 8.91. The van der Waals surface area contributed by atoms with Gasteiger partial charge < -0.3 is 4.74 Å². The van der Waals surface area contributed by atoms with Gasteiger partial charge in [0.15, 0.2) is 11.6 Å². The molecule has 0 aliphatic rings. The zero-order valence-corrected chi connectivity index (χ0v) is 22.7. The van der Waals surface area contributed by atoms with E-state index in [0.29, 0.717) is 15.6 Å². The van der Waals surface area contributed by atoms with Gasteiger partial charge in [0.1, 0.15) is 6.61 Å². The fourth-order valence-electron chi connectivity index (χ4n) is 4.05. The Bertz CT molecular complexity index is 1930. The highest BCUT2D eigenvalue weighted by Crippen LogP contribution is 2.32. The topological polar surface area (TPSA) is 99.6 Å². The summed E-state index contributed by atoms with van der Waals surface area (Å²) >= 11 is 11.9. The lowest BCUT2D eigenvalue weighted by Crippen LogP contribution is -2.20. The summed E-state index contributed by atoms with van der Waals surface area (Å²) in [5, 5.41) is 16.8. The van der Waals surface area contributed by atoms with Gasteiger partial charge in [0.2, 0.25) is 0 Å². The van der Waals surface area contributed by atoms with Gasteiger partial charge in [-0.2, -0.15) is 22.9 Å². The first-order chi connectivity index (χ1) is 20.0. The van der Waals surface area contributed by atoms with Crippen molar-refractivity contribution in [2.24, 2.45) is 5.10 Å². The molecule has 0 spiro atoms. The Balaban J connectivity index is 1.53. The van der Waals surface area contributed by atoms with Crippen LogP contribution < -0.4 is 10.3 Å². The molecular weight excluding hydrogens is 596 g/mol. The number of aromatic nitrogens is 2. The maximum Gasteiger partial charge on any atom is 0.416 e.